The highest BCUT2D eigenvalue weighted by Crippen LogP contribution is 2.09. The van der Waals surface area contributed by atoms with Gasteiger partial charge in [-0.15, -0.1) is 0 Å². The predicted molar refractivity (Wildman–Crippen MR) is 104 cm³/mol. The lowest BCUT2D eigenvalue weighted by atomic mass is 10.2. The van der Waals surface area contributed by atoms with Crippen LogP contribution in [0.25, 0.3) is 0 Å². The van der Waals surface area contributed by atoms with Crippen LogP contribution in [-0.4, -0.2) is 73.2 Å². The molecule has 2 N–H and O–H groups in total. The van der Waals surface area contributed by atoms with E-state index in [-0.39, 0.29) is 0 Å². The zero-order valence-electron chi connectivity index (χ0n) is 15.9. The van der Waals surface area contributed by atoms with E-state index in [4.69, 9.17) is 0 Å². The Bertz CT molecular complexity index is 495. The molecule has 7 heteroatoms. The van der Waals surface area contributed by atoms with Crippen LogP contribution in [-0.2, 0) is 0 Å². The van der Waals surface area contributed by atoms with E-state index in [1.165, 1.54) is 0 Å². The molecule has 2 rings (SSSR count). The van der Waals surface area contributed by atoms with Crippen LogP contribution in [0.5, 0.6) is 0 Å². The van der Waals surface area contributed by atoms with Crippen LogP contribution in [0.15, 0.2) is 23.5 Å². The number of nitrogens with zero attached hydrogens (tertiary/aromatic N) is 5. The predicted octanol–water partition coefficient (Wildman–Crippen LogP) is 1.20. The van der Waals surface area contributed by atoms with Gasteiger partial charge in [0.15, 0.2) is 5.96 Å². The molecule has 140 valence electrons. The summed E-state index contributed by atoms with van der Waals surface area (Å²) in [5, 5.41) is 6.74. The minimum absolute atomic E-state index is 0.584. The Morgan fingerprint density at radius 2 is 1.88 bits per heavy atom. The molecule has 0 aliphatic carbocycles. The highest BCUT2D eigenvalue weighted by molar-refractivity contribution is 5.79. The highest BCUT2D eigenvalue weighted by atomic mass is 15.3. The molecule has 1 aromatic rings. The average Bonchev–Trinajstić information content (AvgIpc) is 2.64. The molecule has 7 nitrogen and oxygen atoms in total. The van der Waals surface area contributed by atoms with Gasteiger partial charge in [-0.3, -0.25) is 9.89 Å². The van der Waals surface area contributed by atoms with Gasteiger partial charge >= 0.3 is 0 Å². The summed E-state index contributed by atoms with van der Waals surface area (Å²) in [6.45, 7) is 14.4. The molecule has 0 amide bonds. The summed E-state index contributed by atoms with van der Waals surface area (Å²) < 4.78 is 0. The van der Waals surface area contributed by atoms with E-state index in [0.29, 0.717) is 5.92 Å². The summed E-state index contributed by atoms with van der Waals surface area (Å²) in [4.78, 5) is 18.0. The smallest absolute Gasteiger partial charge is 0.225 e. The third kappa shape index (κ3) is 7.25. The Balaban J connectivity index is 1.63. The number of guanidine groups is 1. The molecular formula is C18H33N7. The topological polar surface area (TPSA) is 68.7 Å². The second-order valence-electron chi connectivity index (χ2n) is 6.77. The lowest BCUT2D eigenvalue weighted by Crippen LogP contribution is -2.47. The van der Waals surface area contributed by atoms with Crippen molar-refractivity contribution in [3.8, 4) is 0 Å². The van der Waals surface area contributed by atoms with E-state index in [2.05, 4.69) is 56.2 Å². The van der Waals surface area contributed by atoms with Gasteiger partial charge in [-0.1, -0.05) is 13.8 Å². The second kappa shape index (κ2) is 10.9. The van der Waals surface area contributed by atoms with Gasteiger partial charge in [0.2, 0.25) is 5.95 Å². The van der Waals surface area contributed by atoms with Gasteiger partial charge in [-0.25, -0.2) is 9.97 Å². The molecule has 25 heavy (non-hydrogen) atoms. The van der Waals surface area contributed by atoms with Crippen molar-refractivity contribution >= 4 is 11.9 Å². The number of anilines is 1. The number of hydrogen-bond donors (Lipinski definition) is 2. The summed E-state index contributed by atoms with van der Waals surface area (Å²) in [6.07, 6.45) is 4.74. The fourth-order valence-corrected chi connectivity index (χ4v) is 2.75. The first kappa shape index (κ1) is 19.4. The van der Waals surface area contributed by atoms with E-state index < -0.39 is 0 Å². The summed E-state index contributed by atoms with van der Waals surface area (Å²) in [5.41, 5.74) is 0. The summed E-state index contributed by atoms with van der Waals surface area (Å²) in [6, 6.07) is 1.86. The quantitative estimate of drug-likeness (QED) is 0.418. The minimum Gasteiger partial charge on any atom is -0.357 e. The molecule has 0 spiro atoms. The molecule has 1 aliphatic rings. The molecule has 1 saturated heterocycles. The van der Waals surface area contributed by atoms with Crippen LogP contribution in [0.4, 0.5) is 5.95 Å². The number of aliphatic imine (C=N–C) groups is 1. The Labute approximate surface area is 151 Å². The molecule has 0 saturated carbocycles. The maximum absolute atomic E-state index is 4.60. The van der Waals surface area contributed by atoms with Gasteiger partial charge < -0.3 is 15.5 Å². The lowest BCUT2D eigenvalue weighted by molar-refractivity contribution is 0.254. The molecule has 1 aliphatic heterocycles. The first-order chi connectivity index (χ1) is 12.2. The molecule has 0 aromatic carbocycles. The first-order valence-corrected chi connectivity index (χ1v) is 9.45. The van der Waals surface area contributed by atoms with Crippen LogP contribution in [0.3, 0.4) is 0 Å². The first-order valence-electron chi connectivity index (χ1n) is 9.45. The van der Waals surface area contributed by atoms with E-state index >= 15 is 0 Å². The minimum atomic E-state index is 0.584. The largest absolute Gasteiger partial charge is 0.357 e. The third-order valence-corrected chi connectivity index (χ3v) is 4.11. The van der Waals surface area contributed by atoms with Crippen molar-refractivity contribution in [3.63, 3.8) is 0 Å². The molecule has 1 fully saturated rings. The maximum Gasteiger partial charge on any atom is 0.225 e. The van der Waals surface area contributed by atoms with Crippen molar-refractivity contribution in [1.82, 2.24) is 25.5 Å². The maximum atomic E-state index is 4.60. The lowest BCUT2D eigenvalue weighted by Gasteiger charge is -2.34. The fraction of sp³-hybridized carbons (Fsp3) is 0.722. The SMILES string of the molecule is CCNC(=NCC(C)C)NCCCN1CCN(c2ncccn2)CC1. The monoisotopic (exact) mass is 347 g/mol. The van der Waals surface area contributed by atoms with Crippen LogP contribution in [0.1, 0.15) is 27.2 Å². The van der Waals surface area contributed by atoms with Gasteiger partial charge in [0.25, 0.3) is 0 Å². The number of rotatable bonds is 8. The Morgan fingerprint density at radius 1 is 1.16 bits per heavy atom. The zero-order chi connectivity index (χ0) is 17.9. The standard InChI is InChI=1S/C18H33N7/c1-4-19-17(23-15-16(2)3)20-9-6-10-24-11-13-25(14-12-24)18-21-7-5-8-22-18/h5,7-8,16H,4,6,9-15H2,1-3H3,(H2,19,20,23). The second-order valence-corrected chi connectivity index (χ2v) is 6.77. The number of hydrogen-bond acceptors (Lipinski definition) is 5. The van der Waals surface area contributed by atoms with Crippen molar-refractivity contribution in [1.29, 1.82) is 0 Å². The van der Waals surface area contributed by atoms with Gasteiger partial charge in [-0.05, 0) is 31.9 Å². The molecule has 1 aromatic heterocycles. The number of piperazine rings is 1. The van der Waals surface area contributed by atoms with Gasteiger partial charge in [0, 0.05) is 58.2 Å². The number of nitrogens with one attached hydrogen (secondary N) is 2. The number of aromatic nitrogens is 2. The average molecular weight is 348 g/mol. The normalized spacial score (nSPS) is 16.3. The Hall–Kier alpha value is -1.89. The third-order valence-electron chi connectivity index (χ3n) is 4.11. The molecule has 0 bridgehead atoms. The van der Waals surface area contributed by atoms with Crippen molar-refractivity contribution in [2.75, 3.05) is 57.3 Å². The van der Waals surface area contributed by atoms with Crippen LogP contribution < -0.4 is 15.5 Å². The molecule has 2 heterocycles. The summed E-state index contributed by atoms with van der Waals surface area (Å²) in [7, 11) is 0. The molecule has 0 atom stereocenters. The van der Waals surface area contributed by atoms with Crippen LogP contribution in [0.2, 0.25) is 0 Å². The van der Waals surface area contributed by atoms with E-state index in [9.17, 15) is 0 Å². The zero-order valence-corrected chi connectivity index (χ0v) is 15.9. The van der Waals surface area contributed by atoms with Gasteiger partial charge in [-0.2, -0.15) is 0 Å². The summed E-state index contributed by atoms with van der Waals surface area (Å²) >= 11 is 0. The van der Waals surface area contributed by atoms with Gasteiger partial charge in [0.05, 0.1) is 0 Å². The van der Waals surface area contributed by atoms with Crippen molar-refractivity contribution in [2.24, 2.45) is 10.9 Å². The van der Waals surface area contributed by atoms with Gasteiger partial charge in [0.1, 0.15) is 0 Å². The molecular weight excluding hydrogens is 314 g/mol. The molecule has 0 radical (unpaired) electrons. The highest BCUT2D eigenvalue weighted by Gasteiger charge is 2.18. The van der Waals surface area contributed by atoms with Crippen LogP contribution in [0, 0.1) is 5.92 Å². The Morgan fingerprint density at radius 3 is 2.52 bits per heavy atom. The van der Waals surface area contributed by atoms with E-state index in [0.717, 1.165) is 70.7 Å². The molecule has 0 unspecified atom stereocenters. The summed E-state index contributed by atoms with van der Waals surface area (Å²) in [5.74, 6) is 2.36. The van der Waals surface area contributed by atoms with Crippen molar-refractivity contribution in [2.45, 2.75) is 27.2 Å². The van der Waals surface area contributed by atoms with E-state index in [1.54, 1.807) is 0 Å². The van der Waals surface area contributed by atoms with E-state index in [1.807, 2.05) is 18.5 Å². The van der Waals surface area contributed by atoms with Crippen molar-refractivity contribution < 1.29 is 0 Å². The van der Waals surface area contributed by atoms with Crippen LogP contribution >= 0.6 is 0 Å². The Kier molecular flexibility index (Phi) is 8.45. The van der Waals surface area contributed by atoms with Crippen molar-refractivity contribution in [3.05, 3.63) is 18.5 Å². The fourth-order valence-electron chi connectivity index (χ4n) is 2.75.